The number of carboxylic acid groups (broad SMARTS) is 2. The second kappa shape index (κ2) is 12.8. The number of rotatable bonds is 7. The Morgan fingerprint density at radius 1 is 1.14 bits per heavy atom. The van der Waals surface area contributed by atoms with Gasteiger partial charge in [0.05, 0.1) is 7.11 Å². The predicted octanol–water partition coefficient (Wildman–Crippen LogP) is 2.32. The summed E-state index contributed by atoms with van der Waals surface area (Å²) in [6, 6.07) is 8.18. The smallest absolute Gasteiger partial charge is 0.414 e. The molecule has 0 aliphatic carbocycles. The summed E-state index contributed by atoms with van der Waals surface area (Å²) in [5, 5.41) is 14.8. The van der Waals surface area contributed by atoms with E-state index in [2.05, 4.69) is 24.0 Å². The number of likely N-dealkylation sites (tertiary alicyclic amines) is 1. The lowest BCUT2D eigenvalue weighted by atomic mass is 9.95. The number of aliphatic carboxylic acids is 2. The van der Waals surface area contributed by atoms with Crippen LogP contribution in [0.25, 0.3) is 0 Å². The number of piperidine rings is 1. The summed E-state index contributed by atoms with van der Waals surface area (Å²) in [5.41, 5.74) is 1.22. The minimum Gasteiger partial charge on any atom is -0.496 e. The zero-order chi connectivity index (χ0) is 21.8. The molecule has 162 valence electrons. The average Bonchev–Trinajstić information content (AvgIpc) is 2.72. The number of unbranched alkanes of at least 4 members (excludes halogenated alkanes) is 1. The zero-order valence-electron chi connectivity index (χ0n) is 17.5. The number of hydrogen-bond donors (Lipinski definition) is 2. The van der Waals surface area contributed by atoms with Crippen molar-refractivity contribution in [2.75, 3.05) is 33.8 Å². The van der Waals surface area contributed by atoms with Gasteiger partial charge in [-0.3, -0.25) is 9.69 Å². The third kappa shape index (κ3) is 8.51. The van der Waals surface area contributed by atoms with Crippen LogP contribution < -0.4 is 4.74 Å². The van der Waals surface area contributed by atoms with Gasteiger partial charge in [0.25, 0.3) is 0 Å². The fourth-order valence-corrected chi connectivity index (χ4v) is 3.23. The first-order valence-corrected chi connectivity index (χ1v) is 9.85. The highest BCUT2D eigenvalue weighted by atomic mass is 16.5. The Balaban J connectivity index is 0.000000612. The van der Waals surface area contributed by atoms with Gasteiger partial charge in [0, 0.05) is 31.6 Å². The molecule has 0 bridgehead atoms. The van der Waals surface area contributed by atoms with Crippen LogP contribution in [0.4, 0.5) is 0 Å². The first kappa shape index (κ1) is 24.4. The molecule has 1 aliphatic heterocycles. The first-order valence-electron chi connectivity index (χ1n) is 9.85. The number of methoxy groups -OCH3 is 1. The summed E-state index contributed by atoms with van der Waals surface area (Å²) < 4.78 is 5.43. The van der Waals surface area contributed by atoms with Crippen LogP contribution in [-0.4, -0.2) is 71.7 Å². The van der Waals surface area contributed by atoms with E-state index in [0.717, 1.165) is 57.6 Å². The molecule has 1 amide bonds. The van der Waals surface area contributed by atoms with Gasteiger partial charge in [-0.15, -0.1) is 0 Å². The fourth-order valence-electron chi connectivity index (χ4n) is 3.23. The molecule has 1 aromatic carbocycles. The zero-order valence-corrected chi connectivity index (χ0v) is 17.5. The summed E-state index contributed by atoms with van der Waals surface area (Å²) >= 11 is 0. The van der Waals surface area contributed by atoms with Gasteiger partial charge in [0.15, 0.2) is 0 Å². The largest absolute Gasteiger partial charge is 0.496 e. The van der Waals surface area contributed by atoms with Crippen LogP contribution in [0.2, 0.25) is 0 Å². The highest BCUT2D eigenvalue weighted by Gasteiger charge is 2.27. The van der Waals surface area contributed by atoms with Gasteiger partial charge in [-0.1, -0.05) is 31.5 Å². The van der Waals surface area contributed by atoms with Crippen LogP contribution in [0.3, 0.4) is 0 Å². The van der Waals surface area contributed by atoms with Crippen molar-refractivity contribution in [2.24, 2.45) is 5.92 Å². The van der Waals surface area contributed by atoms with Gasteiger partial charge in [-0.25, -0.2) is 9.59 Å². The Labute approximate surface area is 172 Å². The fraction of sp³-hybridized carbons (Fsp3) is 0.571. The van der Waals surface area contributed by atoms with Crippen molar-refractivity contribution >= 4 is 17.8 Å². The third-order valence-corrected chi connectivity index (χ3v) is 4.93. The molecule has 0 aromatic heterocycles. The van der Waals surface area contributed by atoms with E-state index in [0.29, 0.717) is 5.91 Å². The van der Waals surface area contributed by atoms with Crippen LogP contribution in [0, 0.1) is 5.92 Å². The number of carbonyl (C=O) groups excluding carboxylic acids is 1. The molecule has 0 saturated carbocycles. The number of nitrogens with zero attached hydrogens (tertiary/aromatic N) is 2. The van der Waals surface area contributed by atoms with Crippen LogP contribution >= 0.6 is 0 Å². The highest BCUT2D eigenvalue weighted by molar-refractivity contribution is 6.27. The van der Waals surface area contributed by atoms with Crippen LogP contribution in [-0.2, 0) is 20.9 Å². The van der Waals surface area contributed by atoms with Crippen LogP contribution in [0.1, 0.15) is 38.2 Å². The minimum atomic E-state index is -1.82. The molecule has 1 aromatic rings. The van der Waals surface area contributed by atoms with E-state index in [9.17, 15) is 4.79 Å². The lowest BCUT2D eigenvalue weighted by molar-refractivity contribution is -0.159. The average molecular weight is 408 g/mol. The Hall–Kier alpha value is -2.61. The van der Waals surface area contributed by atoms with E-state index in [1.165, 1.54) is 5.56 Å². The van der Waals surface area contributed by atoms with Crippen molar-refractivity contribution in [2.45, 2.75) is 39.2 Å². The monoisotopic (exact) mass is 408 g/mol. The molecular formula is C21H32N2O6. The Bertz CT molecular complexity index is 659. The van der Waals surface area contributed by atoms with E-state index in [-0.39, 0.29) is 5.92 Å². The van der Waals surface area contributed by atoms with Crippen molar-refractivity contribution in [1.82, 2.24) is 9.80 Å². The molecule has 1 saturated heterocycles. The number of ether oxygens (including phenoxy) is 1. The van der Waals surface area contributed by atoms with Crippen molar-refractivity contribution in [3.05, 3.63) is 29.8 Å². The molecule has 29 heavy (non-hydrogen) atoms. The van der Waals surface area contributed by atoms with E-state index in [4.69, 9.17) is 24.5 Å². The normalized spacial score (nSPS) is 14.4. The Morgan fingerprint density at radius 2 is 1.72 bits per heavy atom. The summed E-state index contributed by atoms with van der Waals surface area (Å²) in [4.78, 5) is 35.0. The number of benzene rings is 1. The number of carbonyl (C=O) groups is 3. The SMILES string of the molecule is CCCCN(C)C(=O)C1CCN(Cc2ccccc2OC)CC1.O=C(O)C(=O)O. The molecule has 0 radical (unpaired) electrons. The van der Waals surface area contributed by atoms with Crippen molar-refractivity contribution in [3.63, 3.8) is 0 Å². The quantitative estimate of drug-likeness (QED) is 0.667. The van der Waals surface area contributed by atoms with Crippen LogP contribution in [0.5, 0.6) is 5.75 Å². The van der Waals surface area contributed by atoms with Gasteiger partial charge in [-0.2, -0.15) is 0 Å². The molecule has 2 N–H and O–H groups in total. The van der Waals surface area contributed by atoms with E-state index < -0.39 is 11.9 Å². The molecule has 1 aliphatic rings. The van der Waals surface area contributed by atoms with Crippen LogP contribution in [0.15, 0.2) is 24.3 Å². The Kier molecular flexibility index (Phi) is 10.8. The maximum atomic E-state index is 12.5. The van der Waals surface area contributed by atoms with Crippen molar-refractivity contribution in [3.8, 4) is 5.75 Å². The van der Waals surface area contributed by atoms with Gasteiger partial charge in [0.2, 0.25) is 5.91 Å². The summed E-state index contributed by atoms with van der Waals surface area (Å²) in [6.07, 6.45) is 4.15. The number of para-hydroxylation sites is 1. The molecule has 1 fully saturated rings. The van der Waals surface area contributed by atoms with Crippen molar-refractivity contribution in [1.29, 1.82) is 0 Å². The van der Waals surface area contributed by atoms with Gasteiger partial charge in [0.1, 0.15) is 5.75 Å². The molecule has 1 heterocycles. The van der Waals surface area contributed by atoms with Gasteiger partial charge in [-0.05, 0) is 38.4 Å². The maximum absolute atomic E-state index is 12.5. The van der Waals surface area contributed by atoms with E-state index >= 15 is 0 Å². The number of hydrogen-bond acceptors (Lipinski definition) is 5. The first-order chi connectivity index (χ1) is 13.8. The molecule has 0 atom stereocenters. The Morgan fingerprint density at radius 3 is 2.24 bits per heavy atom. The second-order valence-electron chi connectivity index (χ2n) is 7.09. The topological polar surface area (TPSA) is 107 Å². The molecule has 0 spiro atoms. The van der Waals surface area contributed by atoms with Crippen molar-refractivity contribution < 1.29 is 29.3 Å². The lowest BCUT2D eigenvalue weighted by Crippen LogP contribution is -2.41. The van der Waals surface area contributed by atoms with Gasteiger partial charge >= 0.3 is 11.9 Å². The number of amides is 1. The van der Waals surface area contributed by atoms with Gasteiger partial charge < -0.3 is 19.8 Å². The lowest BCUT2D eigenvalue weighted by Gasteiger charge is -2.33. The van der Waals surface area contributed by atoms with E-state index in [1.54, 1.807) is 7.11 Å². The molecule has 8 nitrogen and oxygen atoms in total. The maximum Gasteiger partial charge on any atom is 0.414 e. The minimum absolute atomic E-state index is 0.200. The summed E-state index contributed by atoms with van der Waals surface area (Å²) in [5.74, 6) is -2.17. The summed E-state index contributed by atoms with van der Waals surface area (Å²) in [6.45, 7) is 5.91. The highest BCUT2D eigenvalue weighted by Crippen LogP contribution is 2.24. The standard InChI is InChI=1S/C19H30N2O2.C2H2O4/c1-4-5-12-20(2)19(22)16-10-13-21(14-11-16)15-17-8-6-7-9-18(17)23-3;3-1(4)2(5)6/h6-9,16H,4-5,10-15H2,1-3H3;(H,3,4)(H,5,6). The summed E-state index contributed by atoms with van der Waals surface area (Å²) in [7, 11) is 3.66. The molecule has 0 unspecified atom stereocenters. The third-order valence-electron chi connectivity index (χ3n) is 4.93. The predicted molar refractivity (Wildman–Crippen MR) is 109 cm³/mol. The van der Waals surface area contributed by atoms with E-state index in [1.807, 2.05) is 24.1 Å². The molecular weight excluding hydrogens is 376 g/mol. The number of carboxylic acids is 2. The molecule has 2 rings (SSSR count). The second-order valence-corrected chi connectivity index (χ2v) is 7.09. The molecule has 8 heteroatoms.